The molecule has 0 amide bonds. The second-order valence-electron chi connectivity index (χ2n) is 7.23. The predicted molar refractivity (Wildman–Crippen MR) is 109 cm³/mol. The molecule has 4 heteroatoms. The van der Waals surface area contributed by atoms with Crippen LogP contribution in [0.5, 0.6) is 0 Å². The molecule has 0 radical (unpaired) electrons. The van der Waals surface area contributed by atoms with E-state index < -0.39 is 12.2 Å². The SMILES string of the molecule is CCCCCCCCCC(=O)OC(C)C(C)OC(=O)c1ccc(CC)cc1. The highest BCUT2D eigenvalue weighted by Gasteiger charge is 2.21. The van der Waals surface area contributed by atoms with Gasteiger partial charge in [-0.3, -0.25) is 4.79 Å². The van der Waals surface area contributed by atoms with E-state index >= 15 is 0 Å². The maximum absolute atomic E-state index is 12.2. The number of benzene rings is 1. The molecule has 0 spiro atoms. The largest absolute Gasteiger partial charge is 0.459 e. The smallest absolute Gasteiger partial charge is 0.338 e. The third kappa shape index (κ3) is 9.60. The summed E-state index contributed by atoms with van der Waals surface area (Å²) in [4.78, 5) is 24.2. The van der Waals surface area contributed by atoms with Crippen molar-refractivity contribution in [2.45, 2.75) is 97.7 Å². The Labute approximate surface area is 164 Å². The van der Waals surface area contributed by atoms with E-state index in [1.807, 2.05) is 12.1 Å². The third-order valence-corrected chi connectivity index (χ3v) is 4.85. The molecule has 0 bridgehead atoms. The number of hydrogen-bond donors (Lipinski definition) is 0. The average Bonchev–Trinajstić information content (AvgIpc) is 2.67. The van der Waals surface area contributed by atoms with E-state index in [0.717, 1.165) is 19.3 Å². The Morgan fingerprint density at radius 2 is 1.37 bits per heavy atom. The second-order valence-corrected chi connectivity index (χ2v) is 7.23. The van der Waals surface area contributed by atoms with Crippen LogP contribution in [-0.4, -0.2) is 24.1 Å². The lowest BCUT2D eigenvalue weighted by Gasteiger charge is -2.21. The van der Waals surface area contributed by atoms with Gasteiger partial charge < -0.3 is 9.47 Å². The Morgan fingerprint density at radius 1 is 0.815 bits per heavy atom. The van der Waals surface area contributed by atoms with Gasteiger partial charge in [-0.25, -0.2) is 4.79 Å². The minimum absolute atomic E-state index is 0.216. The van der Waals surface area contributed by atoms with Gasteiger partial charge in [-0.2, -0.15) is 0 Å². The summed E-state index contributed by atoms with van der Waals surface area (Å²) in [6.45, 7) is 7.79. The standard InChI is InChI=1S/C23H36O4/c1-5-7-8-9-10-11-12-13-22(24)26-18(3)19(4)27-23(25)21-16-14-20(6-2)15-17-21/h14-19H,5-13H2,1-4H3. The van der Waals surface area contributed by atoms with Gasteiger partial charge in [-0.1, -0.05) is 64.5 Å². The molecule has 27 heavy (non-hydrogen) atoms. The Morgan fingerprint density at radius 3 is 1.96 bits per heavy atom. The normalized spacial score (nSPS) is 13.0. The zero-order chi connectivity index (χ0) is 20.1. The minimum Gasteiger partial charge on any atom is -0.459 e. The van der Waals surface area contributed by atoms with Crippen molar-refractivity contribution < 1.29 is 19.1 Å². The molecule has 2 atom stereocenters. The summed E-state index contributed by atoms with van der Waals surface area (Å²) in [5.74, 6) is -0.605. The molecule has 1 aromatic carbocycles. The van der Waals surface area contributed by atoms with E-state index in [9.17, 15) is 9.59 Å². The fourth-order valence-corrected chi connectivity index (χ4v) is 2.80. The summed E-state index contributed by atoms with van der Waals surface area (Å²) in [5, 5.41) is 0. The topological polar surface area (TPSA) is 52.6 Å². The molecule has 0 aliphatic heterocycles. The van der Waals surface area contributed by atoms with Gasteiger partial charge in [0.2, 0.25) is 0 Å². The zero-order valence-electron chi connectivity index (χ0n) is 17.5. The summed E-state index contributed by atoms with van der Waals surface area (Å²) in [5.41, 5.74) is 1.69. The van der Waals surface area contributed by atoms with Crippen LogP contribution in [0, 0.1) is 0 Å². The van der Waals surface area contributed by atoms with E-state index in [-0.39, 0.29) is 11.9 Å². The van der Waals surface area contributed by atoms with Crippen molar-refractivity contribution in [1.82, 2.24) is 0 Å². The summed E-state index contributed by atoms with van der Waals surface area (Å²) < 4.78 is 10.9. The Hall–Kier alpha value is -1.84. The highest BCUT2D eigenvalue weighted by molar-refractivity contribution is 5.89. The molecule has 2 unspecified atom stereocenters. The summed E-state index contributed by atoms with van der Waals surface area (Å²) in [6.07, 6.45) is 8.56. The Bertz CT molecular complexity index is 550. The minimum atomic E-state index is -0.485. The third-order valence-electron chi connectivity index (χ3n) is 4.85. The molecule has 0 saturated carbocycles. The number of ether oxygens (including phenoxy) is 2. The number of aryl methyl sites for hydroxylation is 1. The summed E-state index contributed by atoms with van der Waals surface area (Å²) in [6, 6.07) is 7.39. The number of esters is 2. The molecule has 0 fully saturated rings. The van der Waals surface area contributed by atoms with E-state index in [1.165, 1.54) is 37.7 Å². The van der Waals surface area contributed by atoms with Crippen LogP contribution in [0.2, 0.25) is 0 Å². The number of hydrogen-bond acceptors (Lipinski definition) is 4. The zero-order valence-corrected chi connectivity index (χ0v) is 17.5. The molecule has 0 aliphatic carbocycles. The summed E-state index contributed by atoms with van der Waals surface area (Å²) >= 11 is 0. The van der Waals surface area contributed by atoms with E-state index in [2.05, 4.69) is 13.8 Å². The molecule has 0 aromatic heterocycles. The lowest BCUT2D eigenvalue weighted by Crippen LogP contribution is -2.30. The lowest BCUT2D eigenvalue weighted by molar-refractivity contribution is -0.153. The lowest BCUT2D eigenvalue weighted by atomic mass is 10.1. The number of rotatable bonds is 13. The fraction of sp³-hybridized carbons (Fsp3) is 0.652. The fourth-order valence-electron chi connectivity index (χ4n) is 2.80. The molecule has 4 nitrogen and oxygen atoms in total. The first-order valence-corrected chi connectivity index (χ1v) is 10.5. The number of carbonyl (C=O) groups is 2. The van der Waals surface area contributed by atoms with Gasteiger partial charge in [0, 0.05) is 6.42 Å². The Balaban J connectivity index is 2.26. The first-order chi connectivity index (χ1) is 13.0. The van der Waals surface area contributed by atoms with Gasteiger partial charge in [-0.15, -0.1) is 0 Å². The molecule has 0 heterocycles. The monoisotopic (exact) mass is 376 g/mol. The van der Waals surface area contributed by atoms with Gasteiger partial charge in [-0.05, 0) is 44.4 Å². The van der Waals surface area contributed by atoms with Crippen molar-refractivity contribution in [3.05, 3.63) is 35.4 Å². The van der Waals surface area contributed by atoms with E-state index in [0.29, 0.717) is 12.0 Å². The molecule has 1 aromatic rings. The quantitative estimate of drug-likeness (QED) is 0.319. The second kappa shape index (κ2) is 13.3. The van der Waals surface area contributed by atoms with Crippen LogP contribution < -0.4 is 0 Å². The molecule has 0 N–H and O–H groups in total. The Kier molecular flexibility index (Phi) is 11.5. The van der Waals surface area contributed by atoms with Crippen molar-refractivity contribution in [3.63, 3.8) is 0 Å². The predicted octanol–water partition coefficient (Wildman–Crippen LogP) is 5.87. The van der Waals surface area contributed by atoms with Crippen molar-refractivity contribution in [1.29, 1.82) is 0 Å². The highest BCUT2D eigenvalue weighted by atomic mass is 16.6. The van der Waals surface area contributed by atoms with Crippen LogP contribution in [0.25, 0.3) is 0 Å². The summed E-state index contributed by atoms with van der Waals surface area (Å²) in [7, 11) is 0. The van der Waals surface area contributed by atoms with Crippen LogP contribution in [0.1, 0.15) is 95.0 Å². The van der Waals surface area contributed by atoms with Crippen molar-refractivity contribution in [3.8, 4) is 0 Å². The van der Waals surface area contributed by atoms with Crippen molar-refractivity contribution >= 4 is 11.9 Å². The van der Waals surface area contributed by atoms with Gasteiger partial charge in [0.25, 0.3) is 0 Å². The van der Waals surface area contributed by atoms with Gasteiger partial charge in [0.15, 0.2) is 0 Å². The number of unbranched alkanes of at least 4 members (excludes halogenated alkanes) is 6. The molecular formula is C23H36O4. The first-order valence-electron chi connectivity index (χ1n) is 10.5. The van der Waals surface area contributed by atoms with Crippen LogP contribution in [0.4, 0.5) is 0 Å². The van der Waals surface area contributed by atoms with E-state index in [4.69, 9.17) is 9.47 Å². The molecule has 0 saturated heterocycles. The first kappa shape index (κ1) is 23.2. The number of carbonyl (C=O) groups excluding carboxylic acids is 2. The van der Waals surface area contributed by atoms with E-state index in [1.54, 1.807) is 26.0 Å². The maximum Gasteiger partial charge on any atom is 0.338 e. The van der Waals surface area contributed by atoms with Gasteiger partial charge in [0.1, 0.15) is 12.2 Å². The molecular weight excluding hydrogens is 340 g/mol. The van der Waals surface area contributed by atoms with Crippen molar-refractivity contribution in [2.24, 2.45) is 0 Å². The molecule has 0 aliphatic rings. The molecule has 1 rings (SSSR count). The highest BCUT2D eigenvalue weighted by Crippen LogP contribution is 2.13. The van der Waals surface area contributed by atoms with Crippen LogP contribution in [-0.2, 0) is 20.7 Å². The van der Waals surface area contributed by atoms with Crippen LogP contribution >= 0.6 is 0 Å². The maximum atomic E-state index is 12.2. The van der Waals surface area contributed by atoms with Crippen LogP contribution in [0.15, 0.2) is 24.3 Å². The van der Waals surface area contributed by atoms with Gasteiger partial charge >= 0.3 is 11.9 Å². The van der Waals surface area contributed by atoms with Gasteiger partial charge in [0.05, 0.1) is 5.56 Å². The average molecular weight is 377 g/mol. The molecule has 152 valence electrons. The van der Waals surface area contributed by atoms with Crippen LogP contribution in [0.3, 0.4) is 0 Å². The van der Waals surface area contributed by atoms with Crippen molar-refractivity contribution in [2.75, 3.05) is 0 Å².